The van der Waals surface area contributed by atoms with E-state index in [4.69, 9.17) is 9.15 Å². The fourth-order valence-corrected chi connectivity index (χ4v) is 3.10. The Kier molecular flexibility index (Phi) is 4.64. The smallest absolute Gasteiger partial charge is 0.349 e. The molecule has 0 fully saturated rings. The minimum Gasteiger partial charge on any atom is -0.478 e. The Morgan fingerprint density at radius 1 is 0.893 bits per heavy atom. The number of carbonyl (C=O) groups is 1. The van der Waals surface area contributed by atoms with E-state index < -0.39 is 17.7 Å². The summed E-state index contributed by atoms with van der Waals surface area (Å²) in [7, 11) is 0. The first-order valence-electron chi connectivity index (χ1n) is 8.69. The highest BCUT2D eigenvalue weighted by Gasteiger charge is 2.22. The van der Waals surface area contributed by atoms with Gasteiger partial charge in [-0.2, -0.15) is 0 Å². The van der Waals surface area contributed by atoms with Gasteiger partial charge in [-0.25, -0.2) is 9.59 Å². The monoisotopic (exact) mass is 372 g/mol. The molecule has 4 rings (SSSR count). The van der Waals surface area contributed by atoms with Gasteiger partial charge in [-0.05, 0) is 23.3 Å². The van der Waals surface area contributed by atoms with Crippen LogP contribution in [0, 0.1) is 0 Å². The fourth-order valence-electron chi connectivity index (χ4n) is 3.10. The predicted octanol–water partition coefficient (Wildman–Crippen LogP) is 4.66. The molecule has 3 aromatic carbocycles. The minimum atomic E-state index is -1.16. The molecule has 0 aliphatic carbocycles. The molecule has 0 aliphatic rings. The van der Waals surface area contributed by atoms with Crippen LogP contribution < -0.4 is 10.4 Å². The van der Waals surface area contributed by atoms with Gasteiger partial charge in [-0.3, -0.25) is 0 Å². The van der Waals surface area contributed by atoms with Crippen molar-refractivity contribution in [3.8, 4) is 16.9 Å². The predicted molar refractivity (Wildman–Crippen MR) is 105 cm³/mol. The number of aliphatic carboxylic acids is 1. The summed E-state index contributed by atoms with van der Waals surface area (Å²) in [6.45, 7) is 0. The van der Waals surface area contributed by atoms with Crippen LogP contribution in [-0.2, 0) is 4.79 Å². The summed E-state index contributed by atoms with van der Waals surface area (Å²) in [5.74, 6) is -0.803. The molecular formula is C23H16O5. The lowest BCUT2D eigenvalue weighted by Crippen LogP contribution is -2.18. The maximum Gasteiger partial charge on any atom is 0.349 e. The van der Waals surface area contributed by atoms with Gasteiger partial charge in [0.05, 0.1) is 0 Å². The second kappa shape index (κ2) is 7.40. The summed E-state index contributed by atoms with van der Waals surface area (Å²) < 4.78 is 11.0. The SMILES string of the molecule is O=C(O)[C@@H](Oc1ccc2c(-c3ccccc3)cc(=O)oc2c1)c1ccccc1. The normalized spacial score (nSPS) is 11.9. The Labute approximate surface area is 160 Å². The Hall–Kier alpha value is -3.86. The molecule has 4 aromatic rings. The molecule has 0 unspecified atom stereocenters. The maximum absolute atomic E-state index is 12.0. The van der Waals surface area contributed by atoms with Crippen molar-refractivity contribution < 1.29 is 19.1 Å². The third-order valence-electron chi connectivity index (χ3n) is 4.38. The van der Waals surface area contributed by atoms with Gasteiger partial charge in [-0.1, -0.05) is 60.7 Å². The van der Waals surface area contributed by atoms with E-state index in [9.17, 15) is 14.7 Å². The molecule has 0 bridgehead atoms. The lowest BCUT2D eigenvalue weighted by Gasteiger charge is -2.16. The molecule has 1 N–H and O–H groups in total. The number of ether oxygens (including phenoxy) is 1. The van der Waals surface area contributed by atoms with Crippen LogP contribution in [0.3, 0.4) is 0 Å². The average Bonchev–Trinajstić information content (AvgIpc) is 2.72. The second-order valence-corrected chi connectivity index (χ2v) is 6.25. The van der Waals surface area contributed by atoms with Crippen molar-refractivity contribution in [2.75, 3.05) is 0 Å². The van der Waals surface area contributed by atoms with Crippen molar-refractivity contribution in [3.63, 3.8) is 0 Å². The Morgan fingerprint density at radius 3 is 2.25 bits per heavy atom. The van der Waals surface area contributed by atoms with Crippen LogP contribution in [-0.4, -0.2) is 11.1 Å². The summed E-state index contributed by atoms with van der Waals surface area (Å²) >= 11 is 0. The molecular weight excluding hydrogens is 356 g/mol. The van der Waals surface area contributed by atoms with E-state index in [2.05, 4.69) is 0 Å². The number of hydrogen-bond acceptors (Lipinski definition) is 4. The number of hydrogen-bond donors (Lipinski definition) is 1. The zero-order valence-electron chi connectivity index (χ0n) is 14.7. The largest absolute Gasteiger partial charge is 0.478 e. The molecule has 0 saturated heterocycles. The van der Waals surface area contributed by atoms with E-state index in [1.54, 1.807) is 48.5 Å². The van der Waals surface area contributed by atoms with Gasteiger partial charge >= 0.3 is 11.6 Å². The van der Waals surface area contributed by atoms with Gasteiger partial charge in [0.25, 0.3) is 0 Å². The van der Waals surface area contributed by atoms with Gasteiger partial charge in [0.15, 0.2) is 0 Å². The molecule has 0 saturated carbocycles. The molecule has 1 aromatic heterocycles. The van der Waals surface area contributed by atoms with E-state index in [-0.39, 0.29) is 0 Å². The van der Waals surface area contributed by atoms with Crippen LogP contribution in [0.15, 0.2) is 94.1 Å². The summed E-state index contributed by atoms with van der Waals surface area (Å²) in [5, 5.41) is 10.3. The van der Waals surface area contributed by atoms with Crippen molar-refractivity contribution in [1.29, 1.82) is 0 Å². The number of carboxylic acids is 1. The number of rotatable bonds is 5. The maximum atomic E-state index is 12.0. The van der Waals surface area contributed by atoms with Crippen molar-refractivity contribution in [2.45, 2.75) is 6.10 Å². The molecule has 1 heterocycles. The quantitative estimate of drug-likeness (QED) is 0.516. The highest BCUT2D eigenvalue weighted by molar-refractivity contribution is 5.93. The average molecular weight is 372 g/mol. The summed E-state index contributed by atoms with van der Waals surface area (Å²) in [6, 6.07) is 24.6. The van der Waals surface area contributed by atoms with Crippen LogP contribution in [0.4, 0.5) is 0 Å². The third-order valence-corrected chi connectivity index (χ3v) is 4.38. The van der Waals surface area contributed by atoms with Crippen LogP contribution in [0.25, 0.3) is 22.1 Å². The molecule has 5 heteroatoms. The minimum absolute atomic E-state index is 0.303. The fraction of sp³-hybridized carbons (Fsp3) is 0.0435. The van der Waals surface area contributed by atoms with E-state index in [1.807, 2.05) is 30.3 Å². The first kappa shape index (κ1) is 17.5. The molecule has 138 valence electrons. The van der Waals surface area contributed by atoms with Gasteiger partial charge in [0.2, 0.25) is 6.10 Å². The highest BCUT2D eigenvalue weighted by atomic mass is 16.5. The summed E-state index contributed by atoms with van der Waals surface area (Å²) in [4.78, 5) is 23.7. The van der Waals surface area contributed by atoms with Crippen molar-refractivity contribution in [1.82, 2.24) is 0 Å². The van der Waals surface area contributed by atoms with E-state index in [1.165, 1.54) is 6.07 Å². The van der Waals surface area contributed by atoms with Crippen LogP contribution in [0.2, 0.25) is 0 Å². The van der Waals surface area contributed by atoms with E-state index in [0.29, 0.717) is 16.9 Å². The lowest BCUT2D eigenvalue weighted by atomic mass is 10.0. The second-order valence-electron chi connectivity index (χ2n) is 6.25. The van der Waals surface area contributed by atoms with Gasteiger partial charge in [0, 0.05) is 23.1 Å². The molecule has 0 aliphatic heterocycles. The Bertz CT molecular complexity index is 1180. The number of benzene rings is 3. The van der Waals surface area contributed by atoms with Crippen molar-refractivity contribution in [2.24, 2.45) is 0 Å². The molecule has 28 heavy (non-hydrogen) atoms. The first-order valence-corrected chi connectivity index (χ1v) is 8.69. The zero-order valence-corrected chi connectivity index (χ0v) is 14.7. The molecule has 0 radical (unpaired) electrons. The highest BCUT2D eigenvalue weighted by Crippen LogP contribution is 2.31. The topological polar surface area (TPSA) is 76.7 Å². The number of fused-ring (bicyclic) bond motifs is 1. The van der Waals surface area contributed by atoms with Crippen LogP contribution >= 0.6 is 0 Å². The third kappa shape index (κ3) is 3.50. The zero-order chi connectivity index (χ0) is 19.5. The summed E-state index contributed by atoms with van der Waals surface area (Å²) in [6.07, 6.45) is -1.16. The Balaban J connectivity index is 1.76. The molecule has 0 amide bonds. The molecule has 0 spiro atoms. The number of carboxylic acid groups (broad SMARTS) is 1. The Morgan fingerprint density at radius 2 is 1.57 bits per heavy atom. The van der Waals surface area contributed by atoms with Gasteiger partial charge in [0.1, 0.15) is 11.3 Å². The van der Waals surface area contributed by atoms with E-state index in [0.717, 1.165) is 16.5 Å². The van der Waals surface area contributed by atoms with Crippen LogP contribution in [0.1, 0.15) is 11.7 Å². The lowest BCUT2D eigenvalue weighted by molar-refractivity contribution is -0.145. The van der Waals surface area contributed by atoms with Gasteiger partial charge < -0.3 is 14.3 Å². The van der Waals surface area contributed by atoms with Crippen LogP contribution in [0.5, 0.6) is 5.75 Å². The summed E-state index contributed by atoms with van der Waals surface area (Å²) in [5.41, 5.74) is 2.01. The van der Waals surface area contributed by atoms with E-state index >= 15 is 0 Å². The van der Waals surface area contributed by atoms with Gasteiger partial charge in [-0.15, -0.1) is 0 Å². The van der Waals surface area contributed by atoms with Crippen molar-refractivity contribution in [3.05, 3.63) is 101 Å². The van der Waals surface area contributed by atoms with Crippen molar-refractivity contribution >= 4 is 16.9 Å². The molecule has 1 atom stereocenters. The first-order chi connectivity index (χ1) is 13.6. The standard InChI is InChI=1S/C23H16O5/c24-21-14-19(15-7-3-1-4-8-15)18-12-11-17(13-20(18)28-21)27-22(23(25)26)16-9-5-2-6-10-16/h1-14,22H,(H,25,26)/t22-/m0/s1. The molecule has 5 nitrogen and oxygen atoms in total.